The molecule has 3 rings (SSSR count). The van der Waals surface area contributed by atoms with Gasteiger partial charge in [-0.25, -0.2) is 0 Å². The molecule has 0 bridgehead atoms. The number of nitrogens with two attached hydrogens (primary N) is 1. The molecule has 1 atom stereocenters. The van der Waals surface area contributed by atoms with Crippen molar-refractivity contribution in [3.8, 4) is 0 Å². The van der Waals surface area contributed by atoms with Crippen molar-refractivity contribution in [2.75, 3.05) is 5.32 Å². The maximum Gasteiger partial charge on any atom is 0.292 e. The van der Waals surface area contributed by atoms with E-state index in [-0.39, 0.29) is 23.3 Å². The van der Waals surface area contributed by atoms with Crippen LogP contribution in [0.4, 0.5) is 11.4 Å². The van der Waals surface area contributed by atoms with Crippen LogP contribution in [0.15, 0.2) is 84.9 Å². The van der Waals surface area contributed by atoms with Gasteiger partial charge in [-0.15, -0.1) is 0 Å². The highest BCUT2D eigenvalue weighted by Gasteiger charge is 2.26. The molecule has 6 heteroatoms. The molecule has 0 aromatic heterocycles. The fourth-order valence-electron chi connectivity index (χ4n) is 3.10. The predicted molar refractivity (Wildman–Crippen MR) is 108 cm³/mol. The Bertz CT molecular complexity index is 906. The number of nitrogens with one attached hydrogen (secondary N) is 1. The maximum atomic E-state index is 12.7. The average Bonchev–Trinajstić information content (AvgIpc) is 2.73. The summed E-state index contributed by atoms with van der Waals surface area (Å²) in [7, 11) is 0. The van der Waals surface area contributed by atoms with E-state index in [9.17, 15) is 14.9 Å². The third kappa shape index (κ3) is 4.61. The molecule has 0 heterocycles. The topological polar surface area (TPSA) is 88.8 Å². The normalized spacial score (nSPS) is 11.8. The first kappa shape index (κ1) is 19.3. The fraction of sp³-hybridized carbons (Fsp3) is 0.136. The van der Waals surface area contributed by atoms with Gasteiger partial charge in [-0.2, -0.15) is 0 Å². The average molecular weight is 376 g/mol. The highest BCUT2D eigenvalue weighted by molar-refractivity contribution is 5.95. The molecule has 0 aliphatic rings. The second-order valence-electron chi connectivity index (χ2n) is 6.54. The van der Waals surface area contributed by atoms with Gasteiger partial charge in [0.25, 0.3) is 11.6 Å². The zero-order valence-electron chi connectivity index (χ0n) is 15.5. The molecule has 3 aromatic carbocycles. The van der Waals surface area contributed by atoms with Crippen LogP contribution in [0.3, 0.4) is 0 Å². The van der Waals surface area contributed by atoms with Gasteiger partial charge in [-0.1, -0.05) is 72.8 Å². The summed E-state index contributed by atoms with van der Waals surface area (Å²) in [5, 5.41) is 15.8. The lowest BCUT2D eigenvalue weighted by Gasteiger charge is -2.20. The molecule has 0 radical (unpaired) electrons. The molecule has 0 unspecified atom stereocenters. The van der Waals surface area contributed by atoms with Crippen LogP contribution in [0.25, 0.3) is 0 Å². The van der Waals surface area contributed by atoms with Crippen LogP contribution >= 0.6 is 0 Å². The predicted octanol–water partition coefficient (Wildman–Crippen LogP) is 3.27. The van der Waals surface area contributed by atoms with Crippen LogP contribution in [0, 0.1) is 10.1 Å². The van der Waals surface area contributed by atoms with Gasteiger partial charge < -0.3 is 10.6 Å². The van der Waals surface area contributed by atoms with Crippen molar-refractivity contribution >= 4 is 17.3 Å². The van der Waals surface area contributed by atoms with E-state index in [2.05, 4.69) is 5.32 Å². The first-order valence-corrected chi connectivity index (χ1v) is 9.05. The molecule has 3 aromatic rings. The molecular weight excluding hydrogens is 354 g/mol. The van der Waals surface area contributed by atoms with Crippen molar-refractivity contribution in [2.45, 2.75) is 19.0 Å². The van der Waals surface area contributed by atoms with E-state index in [0.717, 1.165) is 11.1 Å². The van der Waals surface area contributed by atoms with E-state index in [4.69, 9.17) is 0 Å². The Kier molecular flexibility index (Phi) is 6.14. The maximum absolute atomic E-state index is 12.7. The first-order chi connectivity index (χ1) is 13.6. The van der Waals surface area contributed by atoms with Gasteiger partial charge in [-0.05, 0) is 13.0 Å². The van der Waals surface area contributed by atoms with Crippen molar-refractivity contribution in [1.82, 2.24) is 0 Å². The zero-order chi connectivity index (χ0) is 19.9. The number of nitro groups is 1. The van der Waals surface area contributed by atoms with Gasteiger partial charge in [0.05, 0.1) is 4.92 Å². The summed E-state index contributed by atoms with van der Waals surface area (Å²) in [6.45, 7) is 1.79. The summed E-state index contributed by atoms with van der Waals surface area (Å²) in [4.78, 5) is 23.4. The van der Waals surface area contributed by atoms with Crippen molar-refractivity contribution in [3.63, 3.8) is 0 Å². The number of benzene rings is 3. The standard InChI is InChI=1S/C22H21N3O3/c1-16(22(26)24-19-14-8-9-15-20(19)25(27)28)23-21(17-10-4-2-5-11-17)18-12-6-3-7-13-18/h2-16,21,23H,1H3,(H,24,26)/p+1/t16-/m1/s1. The Morgan fingerprint density at radius 3 is 1.93 bits per heavy atom. The smallest absolute Gasteiger partial charge is 0.292 e. The Balaban J connectivity index is 1.80. The summed E-state index contributed by atoms with van der Waals surface area (Å²) >= 11 is 0. The lowest BCUT2D eigenvalue weighted by molar-refractivity contribution is -0.704. The summed E-state index contributed by atoms with van der Waals surface area (Å²) < 4.78 is 0. The summed E-state index contributed by atoms with van der Waals surface area (Å²) in [5.41, 5.74) is 2.25. The molecule has 0 aliphatic carbocycles. The summed E-state index contributed by atoms with van der Waals surface area (Å²) in [6.07, 6.45) is 0. The Labute approximate surface area is 163 Å². The molecule has 0 fully saturated rings. The van der Waals surface area contributed by atoms with Crippen LogP contribution in [0.2, 0.25) is 0 Å². The third-order valence-electron chi connectivity index (χ3n) is 4.57. The number of nitro benzene ring substituents is 1. The zero-order valence-corrected chi connectivity index (χ0v) is 15.5. The Morgan fingerprint density at radius 1 is 0.893 bits per heavy atom. The fourth-order valence-corrected chi connectivity index (χ4v) is 3.10. The van der Waals surface area contributed by atoms with E-state index in [1.54, 1.807) is 19.1 Å². The van der Waals surface area contributed by atoms with Crippen LogP contribution in [-0.2, 0) is 4.79 Å². The summed E-state index contributed by atoms with van der Waals surface area (Å²) in [5.74, 6) is -0.286. The Morgan fingerprint density at radius 2 is 1.39 bits per heavy atom. The number of carbonyl (C=O) groups is 1. The molecule has 0 aliphatic heterocycles. The van der Waals surface area contributed by atoms with Crippen LogP contribution in [0.1, 0.15) is 24.1 Å². The van der Waals surface area contributed by atoms with Crippen molar-refractivity contribution in [2.24, 2.45) is 0 Å². The minimum absolute atomic E-state index is 0.0612. The van der Waals surface area contributed by atoms with Gasteiger partial charge >= 0.3 is 0 Å². The van der Waals surface area contributed by atoms with Crippen LogP contribution in [0.5, 0.6) is 0 Å². The number of hydrogen-bond acceptors (Lipinski definition) is 3. The lowest BCUT2D eigenvalue weighted by atomic mass is 9.98. The molecule has 1 amide bonds. The lowest BCUT2D eigenvalue weighted by Crippen LogP contribution is -2.92. The SMILES string of the molecule is C[C@@H]([NH2+]C(c1ccccc1)c1ccccc1)C(=O)Nc1ccccc1[N+](=O)[O-]. The van der Waals surface area contributed by atoms with Gasteiger partial charge in [0.15, 0.2) is 6.04 Å². The number of para-hydroxylation sites is 2. The summed E-state index contributed by atoms with van der Waals surface area (Å²) in [6, 6.07) is 25.5. The third-order valence-corrected chi connectivity index (χ3v) is 4.57. The monoisotopic (exact) mass is 376 g/mol. The molecule has 0 saturated heterocycles. The van der Waals surface area contributed by atoms with Crippen molar-refractivity contribution in [1.29, 1.82) is 0 Å². The van der Waals surface area contributed by atoms with Crippen molar-refractivity contribution in [3.05, 3.63) is 106 Å². The number of quaternary nitrogens is 1. The van der Waals surface area contributed by atoms with Crippen molar-refractivity contribution < 1.29 is 15.0 Å². The second-order valence-corrected chi connectivity index (χ2v) is 6.54. The number of hydrogen-bond donors (Lipinski definition) is 2. The molecule has 142 valence electrons. The first-order valence-electron chi connectivity index (χ1n) is 9.05. The molecule has 28 heavy (non-hydrogen) atoms. The molecule has 0 spiro atoms. The number of anilines is 1. The van der Waals surface area contributed by atoms with Gasteiger partial charge in [-0.3, -0.25) is 14.9 Å². The van der Waals surface area contributed by atoms with Gasteiger partial charge in [0.2, 0.25) is 0 Å². The van der Waals surface area contributed by atoms with Gasteiger partial charge in [0.1, 0.15) is 11.7 Å². The highest BCUT2D eigenvalue weighted by Crippen LogP contribution is 2.23. The van der Waals surface area contributed by atoms with Crippen LogP contribution in [-0.4, -0.2) is 16.9 Å². The number of amides is 1. The van der Waals surface area contributed by atoms with E-state index < -0.39 is 11.0 Å². The second kappa shape index (κ2) is 8.92. The number of nitrogens with zero attached hydrogens (tertiary/aromatic N) is 1. The number of rotatable bonds is 7. The molecule has 3 N–H and O–H groups in total. The van der Waals surface area contributed by atoms with Crippen LogP contribution < -0.4 is 10.6 Å². The highest BCUT2D eigenvalue weighted by atomic mass is 16.6. The van der Waals surface area contributed by atoms with Gasteiger partial charge in [0, 0.05) is 17.2 Å². The minimum Gasteiger partial charge on any atom is -0.326 e. The molecule has 0 saturated carbocycles. The van der Waals surface area contributed by atoms with E-state index in [1.165, 1.54) is 12.1 Å². The van der Waals surface area contributed by atoms with E-state index in [1.807, 2.05) is 66.0 Å². The quantitative estimate of drug-likeness (QED) is 0.490. The molecular formula is C22H22N3O3+. The number of carbonyl (C=O) groups excluding carboxylic acids is 1. The van der Waals surface area contributed by atoms with E-state index in [0.29, 0.717) is 0 Å². The minimum atomic E-state index is -0.499. The van der Waals surface area contributed by atoms with E-state index >= 15 is 0 Å². The largest absolute Gasteiger partial charge is 0.326 e. The Hall–Kier alpha value is -3.51. The molecule has 6 nitrogen and oxygen atoms in total.